The summed E-state index contributed by atoms with van der Waals surface area (Å²) < 4.78 is 14.4. The molecule has 0 unspecified atom stereocenters. The number of aromatic nitrogens is 2. The van der Waals surface area contributed by atoms with E-state index < -0.39 is 11.9 Å². The molecule has 2 aliphatic heterocycles. The van der Waals surface area contributed by atoms with Crippen LogP contribution in [-0.2, 0) is 13.0 Å². The Morgan fingerprint density at radius 3 is 2.66 bits per heavy atom. The molecule has 0 radical (unpaired) electrons. The largest absolute Gasteiger partial charge is 0.366 e. The zero-order valence-electron chi connectivity index (χ0n) is 18.2. The van der Waals surface area contributed by atoms with Crippen LogP contribution in [0.2, 0.25) is 0 Å². The van der Waals surface area contributed by atoms with Crippen LogP contribution in [-0.4, -0.2) is 54.0 Å². The summed E-state index contributed by atoms with van der Waals surface area (Å²) in [7, 11) is 1.50. The number of halogens is 1. The number of carbonyl (C=O) groups is 1. The summed E-state index contributed by atoms with van der Waals surface area (Å²) in [6.07, 6.45) is 0.720. The lowest BCUT2D eigenvalue weighted by Crippen LogP contribution is -2.72. The summed E-state index contributed by atoms with van der Waals surface area (Å²) in [5.74, 6) is -0.998. The van der Waals surface area contributed by atoms with Crippen molar-refractivity contribution in [1.29, 1.82) is 0 Å². The third-order valence-corrected chi connectivity index (χ3v) is 6.57. The molecule has 2 saturated heterocycles. The van der Waals surface area contributed by atoms with E-state index in [1.807, 2.05) is 17.9 Å². The molecule has 0 saturated carbocycles. The lowest BCUT2D eigenvalue weighted by molar-refractivity contribution is -0.0276. The predicted molar refractivity (Wildman–Crippen MR) is 121 cm³/mol. The molecule has 5 rings (SSSR count). The lowest BCUT2D eigenvalue weighted by atomic mass is 9.72. The molecule has 2 aromatic heterocycles. The van der Waals surface area contributed by atoms with Crippen LogP contribution >= 0.6 is 0 Å². The molecule has 0 aliphatic carbocycles. The first-order valence-electron chi connectivity index (χ1n) is 10.9. The van der Waals surface area contributed by atoms with Crippen molar-refractivity contribution < 1.29 is 9.18 Å². The highest BCUT2D eigenvalue weighted by Crippen LogP contribution is 2.42. The van der Waals surface area contributed by atoms with Crippen LogP contribution in [0, 0.1) is 11.4 Å². The number of aryl methyl sites for hydroxylation is 1. The van der Waals surface area contributed by atoms with Crippen molar-refractivity contribution in [3.63, 3.8) is 0 Å². The molecule has 8 heteroatoms. The standard InChI is InChI=1S/C24H26FN5O2/c1-3-16-9-17-5-4-15(8-19(17)28-22(16)31)10-29-11-24(12-29)13-30(14-24)20-7-6-18(23(32)26-2)27-21(20)25/h4-9H,3,10-14H2,1-2H3,(H,26,32)(H,28,31). The highest BCUT2D eigenvalue weighted by atomic mass is 19.1. The second-order valence-electron chi connectivity index (χ2n) is 8.99. The van der Waals surface area contributed by atoms with E-state index in [1.54, 1.807) is 12.1 Å². The fourth-order valence-electron chi connectivity index (χ4n) is 4.98. The molecule has 1 aromatic carbocycles. The quantitative estimate of drug-likeness (QED) is 0.601. The molecule has 1 spiro atoms. The summed E-state index contributed by atoms with van der Waals surface area (Å²) in [6.45, 7) is 6.29. The number of fused-ring (bicyclic) bond motifs is 1. The summed E-state index contributed by atoms with van der Waals surface area (Å²) >= 11 is 0. The van der Waals surface area contributed by atoms with Crippen molar-refractivity contribution in [1.82, 2.24) is 20.2 Å². The SMILES string of the molecule is CCc1cc2ccc(CN3CC4(C3)CN(c3ccc(C(=O)NC)nc3F)C4)cc2[nH]c1=O. The second-order valence-corrected chi connectivity index (χ2v) is 8.99. The number of hydrogen-bond donors (Lipinski definition) is 2. The molecule has 1 amide bonds. The Morgan fingerprint density at radius 1 is 1.19 bits per heavy atom. The molecular formula is C24H26FN5O2. The first-order chi connectivity index (χ1) is 15.4. The molecular weight excluding hydrogens is 409 g/mol. The number of H-pyrrole nitrogens is 1. The number of nitrogens with one attached hydrogen (secondary N) is 2. The molecule has 166 valence electrons. The van der Waals surface area contributed by atoms with Gasteiger partial charge in [0.15, 0.2) is 0 Å². The van der Waals surface area contributed by atoms with E-state index in [-0.39, 0.29) is 16.7 Å². The van der Waals surface area contributed by atoms with Gasteiger partial charge in [-0.15, -0.1) is 0 Å². The zero-order valence-corrected chi connectivity index (χ0v) is 18.2. The van der Waals surface area contributed by atoms with Crippen LogP contribution in [0.3, 0.4) is 0 Å². The van der Waals surface area contributed by atoms with Gasteiger partial charge in [-0.3, -0.25) is 14.5 Å². The van der Waals surface area contributed by atoms with Crippen LogP contribution < -0.4 is 15.8 Å². The van der Waals surface area contributed by atoms with Gasteiger partial charge in [-0.1, -0.05) is 19.1 Å². The van der Waals surface area contributed by atoms with Gasteiger partial charge in [0.25, 0.3) is 11.5 Å². The first-order valence-corrected chi connectivity index (χ1v) is 10.9. The maximum Gasteiger partial charge on any atom is 0.269 e. The van der Waals surface area contributed by atoms with Crippen LogP contribution in [0.5, 0.6) is 0 Å². The number of carbonyl (C=O) groups excluding carboxylic acids is 1. The molecule has 3 aromatic rings. The molecule has 7 nitrogen and oxygen atoms in total. The van der Waals surface area contributed by atoms with E-state index in [9.17, 15) is 14.0 Å². The third-order valence-electron chi connectivity index (χ3n) is 6.57. The molecule has 0 atom stereocenters. The molecule has 2 aliphatic rings. The number of benzene rings is 1. The number of hydrogen-bond acceptors (Lipinski definition) is 5. The summed E-state index contributed by atoms with van der Waals surface area (Å²) in [5, 5.41) is 3.51. The van der Waals surface area contributed by atoms with Crippen molar-refractivity contribution in [3.05, 3.63) is 69.5 Å². The van der Waals surface area contributed by atoms with Crippen LogP contribution in [0.4, 0.5) is 10.1 Å². The summed E-state index contributed by atoms with van der Waals surface area (Å²) in [5.41, 5.74) is 3.56. The number of rotatable bonds is 5. The number of amides is 1. The highest BCUT2D eigenvalue weighted by Gasteiger charge is 2.52. The Hall–Kier alpha value is -3.26. The van der Waals surface area contributed by atoms with Gasteiger partial charge in [0, 0.05) is 56.3 Å². The van der Waals surface area contributed by atoms with E-state index in [4.69, 9.17) is 0 Å². The third kappa shape index (κ3) is 3.54. The predicted octanol–water partition coefficient (Wildman–Crippen LogP) is 2.31. The van der Waals surface area contributed by atoms with Gasteiger partial charge in [-0.2, -0.15) is 4.39 Å². The van der Waals surface area contributed by atoms with Crippen molar-refractivity contribution >= 4 is 22.5 Å². The number of anilines is 1. The van der Waals surface area contributed by atoms with Crippen molar-refractivity contribution in [3.8, 4) is 0 Å². The number of aromatic amines is 1. The zero-order chi connectivity index (χ0) is 22.5. The average Bonchev–Trinajstić information content (AvgIpc) is 2.73. The minimum Gasteiger partial charge on any atom is -0.366 e. The summed E-state index contributed by atoms with van der Waals surface area (Å²) in [4.78, 5) is 34.9. The molecule has 0 bridgehead atoms. The van der Waals surface area contributed by atoms with Crippen molar-refractivity contribution in [2.24, 2.45) is 5.41 Å². The minimum atomic E-state index is -0.603. The van der Waals surface area contributed by atoms with Gasteiger partial charge in [-0.05, 0) is 41.6 Å². The van der Waals surface area contributed by atoms with Crippen LogP contribution in [0.1, 0.15) is 28.5 Å². The van der Waals surface area contributed by atoms with Crippen molar-refractivity contribution in [2.75, 3.05) is 38.1 Å². The number of likely N-dealkylation sites (tertiary alicyclic amines) is 1. The Morgan fingerprint density at radius 2 is 1.97 bits per heavy atom. The highest BCUT2D eigenvalue weighted by molar-refractivity contribution is 5.92. The van der Waals surface area contributed by atoms with Crippen LogP contribution in [0.25, 0.3) is 10.9 Å². The maximum atomic E-state index is 14.4. The fourth-order valence-corrected chi connectivity index (χ4v) is 4.98. The van der Waals surface area contributed by atoms with Gasteiger partial charge >= 0.3 is 0 Å². The number of pyridine rings is 2. The minimum absolute atomic E-state index is 0.0142. The van der Waals surface area contributed by atoms with E-state index in [2.05, 4.69) is 38.4 Å². The van der Waals surface area contributed by atoms with E-state index in [0.717, 1.165) is 55.6 Å². The van der Waals surface area contributed by atoms with Gasteiger partial charge in [0.2, 0.25) is 5.95 Å². The fraction of sp³-hybridized carbons (Fsp3) is 0.375. The Balaban J connectivity index is 1.19. The second kappa shape index (κ2) is 7.70. The van der Waals surface area contributed by atoms with Gasteiger partial charge < -0.3 is 15.2 Å². The smallest absolute Gasteiger partial charge is 0.269 e. The molecule has 2 N–H and O–H groups in total. The van der Waals surface area contributed by atoms with E-state index >= 15 is 0 Å². The van der Waals surface area contributed by atoms with Gasteiger partial charge in [0.1, 0.15) is 5.69 Å². The van der Waals surface area contributed by atoms with E-state index in [0.29, 0.717) is 5.69 Å². The molecule has 32 heavy (non-hydrogen) atoms. The topological polar surface area (TPSA) is 81.3 Å². The molecule has 2 fully saturated rings. The van der Waals surface area contributed by atoms with E-state index in [1.165, 1.54) is 12.6 Å². The van der Waals surface area contributed by atoms with Crippen LogP contribution in [0.15, 0.2) is 41.2 Å². The monoisotopic (exact) mass is 435 g/mol. The summed E-state index contributed by atoms with van der Waals surface area (Å²) in [6, 6.07) is 11.4. The van der Waals surface area contributed by atoms with Crippen molar-refractivity contribution in [2.45, 2.75) is 19.9 Å². The normalized spacial score (nSPS) is 17.3. The molecule has 4 heterocycles. The first kappa shape index (κ1) is 20.6. The Bertz CT molecular complexity index is 1260. The van der Waals surface area contributed by atoms with Gasteiger partial charge in [-0.25, -0.2) is 4.98 Å². The lowest BCUT2D eigenvalue weighted by Gasteiger charge is -2.61. The Labute approximate surface area is 185 Å². The Kier molecular flexibility index (Phi) is 4.97. The number of nitrogens with zero attached hydrogens (tertiary/aromatic N) is 3. The average molecular weight is 436 g/mol. The van der Waals surface area contributed by atoms with Gasteiger partial charge in [0.05, 0.1) is 5.69 Å². The maximum absolute atomic E-state index is 14.4.